The van der Waals surface area contributed by atoms with Crippen molar-refractivity contribution in [2.75, 3.05) is 13.2 Å². The summed E-state index contributed by atoms with van der Waals surface area (Å²) in [6.07, 6.45) is 0.751. The number of amides is 2. The lowest BCUT2D eigenvalue weighted by Gasteiger charge is -2.21. The highest BCUT2D eigenvalue weighted by molar-refractivity contribution is 6.00. The van der Waals surface area contributed by atoms with E-state index in [0.717, 1.165) is 12.0 Å². The number of benzene rings is 1. The van der Waals surface area contributed by atoms with Crippen LogP contribution in [0.1, 0.15) is 65.3 Å². The van der Waals surface area contributed by atoms with Crippen molar-refractivity contribution in [3.63, 3.8) is 0 Å². The number of carbonyl (C=O) groups excluding carboxylic acids is 2. The average molecular weight is 399 g/mol. The number of nitrogens with zero attached hydrogens (tertiary/aromatic N) is 1. The van der Waals surface area contributed by atoms with Gasteiger partial charge in [0.15, 0.2) is 0 Å². The molecule has 1 aliphatic rings. The second-order valence-electron chi connectivity index (χ2n) is 7.93. The number of aliphatic hydroxyl groups is 1. The molecule has 2 amide bonds. The molecule has 3 N–H and O–H groups in total. The number of carbonyl (C=O) groups is 2. The molecule has 0 saturated carbocycles. The van der Waals surface area contributed by atoms with Gasteiger partial charge in [-0.3, -0.25) is 9.59 Å². The Morgan fingerprint density at radius 3 is 2.62 bits per heavy atom. The Kier molecular flexibility index (Phi) is 6.39. The Hall–Kier alpha value is -2.64. The molecule has 7 nitrogen and oxygen atoms in total. The predicted molar refractivity (Wildman–Crippen MR) is 110 cm³/mol. The smallest absolute Gasteiger partial charge is 0.268 e. The first-order chi connectivity index (χ1) is 13.8. The minimum absolute atomic E-state index is 0.115. The van der Waals surface area contributed by atoms with E-state index in [2.05, 4.69) is 10.6 Å². The summed E-state index contributed by atoms with van der Waals surface area (Å²) in [5.41, 5.74) is 1.58. The van der Waals surface area contributed by atoms with Crippen LogP contribution in [0.4, 0.5) is 0 Å². The molecule has 1 atom stereocenters. The topological polar surface area (TPSA) is 92.6 Å². The van der Waals surface area contributed by atoms with Gasteiger partial charge in [-0.1, -0.05) is 37.3 Å². The van der Waals surface area contributed by atoms with Crippen LogP contribution < -0.4 is 10.6 Å². The highest BCUT2D eigenvalue weighted by Crippen LogP contribution is 2.23. The molecule has 7 heteroatoms. The molecule has 29 heavy (non-hydrogen) atoms. The van der Waals surface area contributed by atoms with Crippen molar-refractivity contribution in [2.24, 2.45) is 0 Å². The van der Waals surface area contributed by atoms with Crippen LogP contribution in [-0.2, 0) is 17.9 Å². The minimum Gasteiger partial charge on any atom is -0.389 e. The second-order valence-corrected chi connectivity index (χ2v) is 7.93. The fraction of sp³-hybridized carbons (Fsp3) is 0.455. The summed E-state index contributed by atoms with van der Waals surface area (Å²) in [7, 11) is 0. The van der Waals surface area contributed by atoms with E-state index in [4.69, 9.17) is 4.74 Å². The molecule has 0 saturated heterocycles. The number of hydrogen-bond acceptors (Lipinski definition) is 4. The lowest BCUT2D eigenvalue weighted by atomic mass is 10.0. The molecule has 0 radical (unpaired) electrons. The first-order valence-corrected chi connectivity index (χ1v) is 9.96. The van der Waals surface area contributed by atoms with E-state index < -0.39 is 5.60 Å². The fourth-order valence-corrected chi connectivity index (χ4v) is 3.44. The van der Waals surface area contributed by atoms with Gasteiger partial charge in [-0.2, -0.15) is 0 Å². The van der Waals surface area contributed by atoms with Crippen molar-refractivity contribution < 1.29 is 19.4 Å². The maximum Gasteiger partial charge on any atom is 0.268 e. The molecule has 1 aromatic carbocycles. The van der Waals surface area contributed by atoms with E-state index in [-0.39, 0.29) is 31.0 Å². The molecule has 1 unspecified atom stereocenters. The molecule has 0 fully saturated rings. The highest BCUT2D eigenvalue weighted by atomic mass is 16.5. The number of hydrogen-bond donors (Lipinski definition) is 3. The van der Waals surface area contributed by atoms with Gasteiger partial charge in [-0.15, -0.1) is 0 Å². The molecule has 1 aliphatic heterocycles. The summed E-state index contributed by atoms with van der Waals surface area (Å²) in [6, 6.07) is 11.3. The third kappa shape index (κ3) is 5.05. The van der Waals surface area contributed by atoms with E-state index in [1.807, 2.05) is 41.8 Å². The SMILES string of the molecule is CCC(NC(=O)c1cc(C(=O)NCC(C)(C)O)n2c1COCC2)c1ccccc1. The molecule has 156 valence electrons. The van der Waals surface area contributed by atoms with E-state index in [1.165, 1.54) is 0 Å². The monoisotopic (exact) mass is 399 g/mol. The Bertz CT molecular complexity index is 868. The third-order valence-electron chi connectivity index (χ3n) is 4.98. The van der Waals surface area contributed by atoms with Crippen LogP contribution in [0.5, 0.6) is 0 Å². The maximum absolute atomic E-state index is 13.1. The van der Waals surface area contributed by atoms with Crippen molar-refractivity contribution in [3.8, 4) is 0 Å². The zero-order valence-corrected chi connectivity index (χ0v) is 17.2. The summed E-state index contributed by atoms with van der Waals surface area (Å²) in [4.78, 5) is 25.7. The standard InChI is InChI=1S/C22H29N3O4/c1-4-17(15-8-6-5-7-9-15)24-20(26)16-12-18(21(27)23-14-22(2,3)28)25-10-11-29-13-19(16)25/h5-9,12,17,28H,4,10-11,13-14H2,1-3H3,(H,23,27)(H,24,26). The van der Waals surface area contributed by atoms with Crippen LogP contribution in [0.15, 0.2) is 36.4 Å². The van der Waals surface area contributed by atoms with E-state index in [1.54, 1.807) is 19.9 Å². The van der Waals surface area contributed by atoms with Crippen molar-refractivity contribution in [3.05, 3.63) is 58.9 Å². The number of fused-ring (bicyclic) bond motifs is 1. The van der Waals surface area contributed by atoms with Gasteiger partial charge in [-0.25, -0.2) is 0 Å². The lowest BCUT2D eigenvalue weighted by molar-refractivity contribution is 0.0669. The fourth-order valence-electron chi connectivity index (χ4n) is 3.44. The van der Waals surface area contributed by atoms with Crippen LogP contribution in [0.25, 0.3) is 0 Å². The number of rotatable bonds is 7. The van der Waals surface area contributed by atoms with Crippen molar-refractivity contribution in [1.29, 1.82) is 0 Å². The van der Waals surface area contributed by atoms with Gasteiger partial charge in [0.25, 0.3) is 11.8 Å². The predicted octanol–water partition coefficient (Wildman–Crippen LogP) is 2.40. The van der Waals surface area contributed by atoms with Crippen LogP contribution in [0.2, 0.25) is 0 Å². The normalized spacial score (nSPS) is 14.8. The third-order valence-corrected chi connectivity index (χ3v) is 4.98. The molecule has 0 aliphatic carbocycles. The summed E-state index contributed by atoms with van der Waals surface area (Å²) >= 11 is 0. The van der Waals surface area contributed by atoms with Gasteiger partial charge >= 0.3 is 0 Å². The Balaban J connectivity index is 1.84. The van der Waals surface area contributed by atoms with Gasteiger partial charge < -0.3 is 25.0 Å². The quantitative estimate of drug-likeness (QED) is 0.667. The van der Waals surface area contributed by atoms with Crippen molar-refractivity contribution in [1.82, 2.24) is 15.2 Å². The number of nitrogens with one attached hydrogen (secondary N) is 2. The van der Waals surface area contributed by atoms with Crippen molar-refractivity contribution in [2.45, 2.75) is 52.0 Å². The van der Waals surface area contributed by atoms with E-state index in [9.17, 15) is 14.7 Å². The number of aromatic nitrogens is 1. The zero-order valence-electron chi connectivity index (χ0n) is 17.2. The molecule has 2 aromatic rings. The first-order valence-electron chi connectivity index (χ1n) is 9.96. The summed E-state index contributed by atoms with van der Waals surface area (Å²) in [5.74, 6) is -0.541. The Morgan fingerprint density at radius 2 is 1.97 bits per heavy atom. The van der Waals surface area contributed by atoms with Gasteiger partial charge in [0.2, 0.25) is 0 Å². The summed E-state index contributed by atoms with van der Waals surface area (Å²) < 4.78 is 7.37. The largest absolute Gasteiger partial charge is 0.389 e. The minimum atomic E-state index is -1.01. The van der Waals surface area contributed by atoms with Gasteiger partial charge in [0.1, 0.15) is 5.69 Å². The van der Waals surface area contributed by atoms with E-state index in [0.29, 0.717) is 30.1 Å². The molecule has 3 rings (SSSR count). The zero-order chi connectivity index (χ0) is 21.0. The Labute approximate surface area is 171 Å². The molecule has 1 aromatic heterocycles. The lowest BCUT2D eigenvalue weighted by Crippen LogP contribution is -2.39. The van der Waals surface area contributed by atoms with Crippen LogP contribution in [0.3, 0.4) is 0 Å². The van der Waals surface area contributed by atoms with Crippen LogP contribution in [0, 0.1) is 0 Å². The van der Waals surface area contributed by atoms with Crippen molar-refractivity contribution >= 4 is 11.8 Å². The molecular weight excluding hydrogens is 370 g/mol. The van der Waals surface area contributed by atoms with E-state index >= 15 is 0 Å². The molecule has 0 spiro atoms. The summed E-state index contributed by atoms with van der Waals surface area (Å²) in [6.45, 7) is 6.66. The van der Waals surface area contributed by atoms with Crippen LogP contribution in [-0.4, -0.2) is 40.2 Å². The van der Waals surface area contributed by atoms with Crippen LogP contribution >= 0.6 is 0 Å². The molecule has 0 bridgehead atoms. The molecule has 2 heterocycles. The Morgan fingerprint density at radius 1 is 1.24 bits per heavy atom. The average Bonchev–Trinajstić information content (AvgIpc) is 3.10. The van der Waals surface area contributed by atoms with Gasteiger partial charge in [-0.05, 0) is 31.9 Å². The molecular formula is C22H29N3O4. The highest BCUT2D eigenvalue weighted by Gasteiger charge is 2.27. The second kappa shape index (κ2) is 8.80. The first kappa shape index (κ1) is 21.1. The van der Waals surface area contributed by atoms with Gasteiger partial charge in [0.05, 0.1) is 36.1 Å². The van der Waals surface area contributed by atoms with Gasteiger partial charge in [0, 0.05) is 13.1 Å². The number of ether oxygens (including phenoxy) is 1. The summed E-state index contributed by atoms with van der Waals surface area (Å²) in [5, 5.41) is 15.7. The maximum atomic E-state index is 13.1.